The van der Waals surface area contributed by atoms with E-state index in [0.29, 0.717) is 36.2 Å². The minimum atomic E-state index is 0.00000567. The first-order valence-electron chi connectivity index (χ1n) is 8.24. The topological polar surface area (TPSA) is 50.4 Å². The molecule has 6 heteroatoms. The number of amides is 1. The Morgan fingerprint density at radius 2 is 2.04 bits per heavy atom. The molecule has 0 bridgehead atoms. The summed E-state index contributed by atoms with van der Waals surface area (Å²) in [5.41, 5.74) is 2.90. The summed E-state index contributed by atoms with van der Waals surface area (Å²) in [6.07, 6.45) is 0.407. The summed E-state index contributed by atoms with van der Waals surface area (Å²) in [6.45, 7) is 2.51. The van der Waals surface area contributed by atoms with Gasteiger partial charge in [-0.05, 0) is 23.3 Å². The first-order valence-corrected chi connectivity index (χ1v) is 9.00. The van der Waals surface area contributed by atoms with Gasteiger partial charge >= 0.3 is 0 Å². The predicted molar refractivity (Wildman–Crippen MR) is 101 cm³/mol. The number of carbonyl (C=O) groups is 1. The van der Waals surface area contributed by atoms with Crippen LogP contribution in [0.5, 0.6) is 0 Å². The van der Waals surface area contributed by atoms with Gasteiger partial charge in [-0.25, -0.2) is 0 Å². The average Bonchev–Trinajstić information content (AvgIpc) is 2.61. The van der Waals surface area contributed by atoms with E-state index < -0.39 is 0 Å². The molecule has 0 aliphatic carbocycles. The van der Waals surface area contributed by atoms with Gasteiger partial charge < -0.3 is 15.4 Å². The Hall–Kier alpha value is -1.59. The number of nitrogens with one attached hydrogen (secondary N) is 2. The van der Waals surface area contributed by atoms with Crippen LogP contribution in [0.2, 0.25) is 10.0 Å². The van der Waals surface area contributed by atoms with Crippen LogP contribution in [0.15, 0.2) is 42.5 Å². The van der Waals surface area contributed by atoms with Gasteiger partial charge in [-0.3, -0.25) is 4.79 Å². The fourth-order valence-electron chi connectivity index (χ4n) is 2.89. The Morgan fingerprint density at radius 1 is 1.20 bits per heavy atom. The van der Waals surface area contributed by atoms with Gasteiger partial charge in [0.2, 0.25) is 5.91 Å². The Balaban J connectivity index is 1.67. The highest BCUT2D eigenvalue weighted by Gasteiger charge is 2.17. The molecule has 1 aliphatic heterocycles. The lowest BCUT2D eigenvalue weighted by molar-refractivity contribution is -0.122. The summed E-state index contributed by atoms with van der Waals surface area (Å²) in [4.78, 5) is 12.2. The summed E-state index contributed by atoms with van der Waals surface area (Å²) in [7, 11) is 0. The Bertz CT molecular complexity index is 746. The first-order chi connectivity index (χ1) is 12.1. The van der Waals surface area contributed by atoms with Crippen molar-refractivity contribution < 1.29 is 9.53 Å². The number of benzene rings is 2. The Kier molecular flexibility index (Phi) is 6.32. The van der Waals surface area contributed by atoms with Crippen LogP contribution >= 0.6 is 23.2 Å². The maximum atomic E-state index is 12.2. The standard InChI is InChI=1S/C19H20Cl2N2O2/c20-14-5-6-17(18(21)9-14)16-4-2-1-3-13(16)11-23-19(24)10-15-12-25-8-7-22-15/h1-6,9,15,22H,7-8,10-12H2,(H,23,24). The van der Waals surface area contributed by atoms with Crippen molar-refractivity contribution in [2.24, 2.45) is 0 Å². The van der Waals surface area contributed by atoms with E-state index in [0.717, 1.165) is 23.2 Å². The zero-order valence-electron chi connectivity index (χ0n) is 13.7. The minimum absolute atomic E-state index is 0.00000567. The van der Waals surface area contributed by atoms with E-state index in [-0.39, 0.29) is 11.9 Å². The lowest BCUT2D eigenvalue weighted by atomic mass is 9.99. The fraction of sp³-hybridized carbons (Fsp3) is 0.316. The first kappa shape index (κ1) is 18.2. The normalized spacial score (nSPS) is 17.3. The number of hydrogen-bond acceptors (Lipinski definition) is 3. The van der Waals surface area contributed by atoms with Crippen molar-refractivity contribution in [1.29, 1.82) is 0 Å². The molecule has 2 aromatic rings. The van der Waals surface area contributed by atoms with E-state index in [9.17, 15) is 4.79 Å². The van der Waals surface area contributed by atoms with Crippen LogP contribution in [-0.2, 0) is 16.1 Å². The molecule has 25 heavy (non-hydrogen) atoms. The van der Waals surface area contributed by atoms with Crippen LogP contribution in [0.4, 0.5) is 0 Å². The summed E-state index contributed by atoms with van der Waals surface area (Å²) in [5.74, 6) is 0.00000567. The molecule has 132 valence electrons. The largest absolute Gasteiger partial charge is 0.378 e. The van der Waals surface area contributed by atoms with Gasteiger partial charge in [0.05, 0.1) is 13.2 Å². The molecule has 1 fully saturated rings. The third-order valence-corrected chi connectivity index (χ3v) is 4.69. The van der Waals surface area contributed by atoms with Gasteiger partial charge in [0.15, 0.2) is 0 Å². The minimum Gasteiger partial charge on any atom is -0.378 e. The maximum absolute atomic E-state index is 12.2. The molecule has 3 rings (SSSR count). The van der Waals surface area contributed by atoms with E-state index in [1.54, 1.807) is 6.07 Å². The van der Waals surface area contributed by atoms with Gasteiger partial charge in [0, 0.05) is 41.2 Å². The monoisotopic (exact) mass is 378 g/mol. The SMILES string of the molecule is O=C(CC1COCCN1)NCc1ccccc1-c1ccc(Cl)cc1Cl. The number of ether oxygens (including phenoxy) is 1. The molecule has 0 aromatic heterocycles. The number of carbonyl (C=O) groups excluding carboxylic acids is 1. The highest BCUT2D eigenvalue weighted by molar-refractivity contribution is 6.36. The molecule has 2 aromatic carbocycles. The second-order valence-corrected chi connectivity index (χ2v) is 6.83. The maximum Gasteiger partial charge on any atom is 0.221 e. The van der Waals surface area contributed by atoms with Gasteiger partial charge in [-0.1, -0.05) is 53.5 Å². The average molecular weight is 379 g/mol. The Morgan fingerprint density at radius 3 is 2.80 bits per heavy atom. The number of hydrogen-bond donors (Lipinski definition) is 2. The molecule has 0 radical (unpaired) electrons. The third kappa shape index (κ3) is 4.95. The lowest BCUT2D eigenvalue weighted by Crippen LogP contribution is -2.44. The van der Waals surface area contributed by atoms with Crippen molar-refractivity contribution in [3.8, 4) is 11.1 Å². The summed E-state index contributed by atoms with van der Waals surface area (Å²) in [5, 5.41) is 7.46. The van der Waals surface area contributed by atoms with Crippen molar-refractivity contribution in [1.82, 2.24) is 10.6 Å². The Labute approximate surface area is 157 Å². The molecule has 1 amide bonds. The predicted octanol–water partition coefficient (Wildman–Crippen LogP) is 3.66. The third-order valence-electron chi connectivity index (χ3n) is 4.14. The molecule has 1 heterocycles. The summed E-state index contributed by atoms with van der Waals surface area (Å²) >= 11 is 12.3. The van der Waals surface area contributed by atoms with E-state index in [4.69, 9.17) is 27.9 Å². The molecule has 1 aliphatic rings. The lowest BCUT2D eigenvalue weighted by Gasteiger charge is -2.23. The van der Waals surface area contributed by atoms with Crippen LogP contribution in [0.25, 0.3) is 11.1 Å². The van der Waals surface area contributed by atoms with Gasteiger partial charge in [0.1, 0.15) is 0 Å². The van der Waals surface area contributed by atoms with Crippen LogP contribution in [0.3, 0.4) is 0 Å². The van der Waals surface area contributed by atoms with E-state index in [1.165, 1.54) is 0 Å². The van der Waals surface area contributed by atoms with E-state index in [1.807, 2.05) is 36.4 Å². The molecule has 1 unspecified atom stereocenters. The van der Waals surface area contributed by atoms with Crippen LogP contribution < -0.4 is 10.6 Å². The van der Waals surface area contributed by atoms with Gasteiger partial charge in [-0.2, -0.15) is 0 Å². The highest BCUT2D eigenvalue weighted by atomic mass is 35.5. The quantitative estimate of drug-likeness (QED) is 0.834. The number of halogens is 2. The van der Waals surface area contributed by atoms with E-state index >= 15 is 0 Å². The molecule has 1 saturated heterocycles. The molecular weight excluding hydrogens is 359 g/mol. The van der Waals surface area contributed by atoms with Crippen molar-refractivity contribution in [3.63, 3.8) is 0 Å². The fourth-order valence-corrected chi connectivity index (χ4v) is 3.40. The smallest absolute Gasteiger partial charge is 0.221 e. The number of rotatable bonds is 5. The zero-order chi connectivity index (χ0) is 17.6. The van der Waals surface area contributed by atoms with E-state index in [2.05, 4.69) is 10.6 Å². The van der Waals surface area contributed by atoms with Crippen molar-refractivity contribution in [2.75, 3.05) is 19.8 Å². The van der Waals surface area contributed by atoms with Crippen LogP contribution in [-0.4, -0.2) is 31.7 Å². The molecular formula is C19H20Cl2N2O2. The second-order valence-electron chi connectivity index (χ2n) is 5.99. The summed E-state index contributed by atoms with van der Waals surface area (Å²) in [6, 6.07) is 13.4. The van der Waals surface area contributed by atoms with Gasteiger partial charge in [-0.15, -0.1) is 0 Å². The van der Waals surface area contributed by atoms with Crippen molar-refractivity contribution in [2.45, 2.75) is 19.0 Å². The second kappa shape index (κ2) is 8.68. The van der Waals surface area contributed by atoms with Crippen LogP contribution in [0, 0.1) is 0 Å². The molecule has 0 saturated carbocycles. The van der Waals surface area contributed by atoms with Gasteiger partial charge in [0.25, 0.3) is 0 Å². The zero-order valence-corrected chi connectivity index (χ0v) is 15.2. The van der Waals surface area contributed by atoms with Crippen molar-refractivity contribution in [3.05, 3.63) is 58.1 Å². The molecule has 1 atom stereocenters. The van der Waals surface area contributed by atoms with Crippen LogP contribution in [0.1, 0.15) is 12.0 Å². The molecule has 2 N–H and O–H groups in total. The number of morpholine rings is 1. The van der Waals surface area contributed by atoms with Crippen molar-refractivity contribution >= 4 is 29.1 Å². The highest BCUT2D eigenvalue weighted by Crippen LogP contribution is 2.32. The summed E-state index contributed by atoms with van der Waals surface area (Å²) < 4.78 is 5.38. The molecule has 0 spiro atoms. The molecule has 4 nitrogen and oxygen atoms in total.